The van der Waals surface area contributed by atoms with Crippen molar-refractivity contribution >= 4 is 46.2 Å². The third-order valence-corrected chi connectivity index (χ3v) is 7.95. The van der Waals surface area contributed by atoms with E-state index in [4.69, 9.17) is 24.9 Å². The number of furan rings is 1. The molecule has 5 aromatic rings. The van der Waals surface area contributed by atoms with Gasteiger partial charge in [0.2, 0.25) is 0 Å². The van der Waals surface area contributed by atoms with Crippen LogP contribution >= 0.6 is 0 Å². The maximum absolute atomic E-state index is 7.84. The predicted octanol–water partition coefficient (Wildman–Crippen LogP) is 6.92. The van der Waals surface area contributed by atoms with E-state index < -0.39 is 0 Å². The highest BCUT2D eigenvalue weighted by atomic mass is 16.7. The van der Waals surface area contributed by atoms with Crippen molar-refractivity contribution in [1.29, 1.82) is 5.41 Å². The molecule has 2 heterocycles. The molecule has 0 atom stereocenters. The van der Waals surface area contributed by atoms with Crippen LogP contribution in [-0.4, -0.2) is 30.0 Å². The number of rotatable bonds is 3. The fourth-order valence-corrected chi connectivity index (χ4v) is 4.85. The number of aliphatic imine (C=N–C) groups is 1. The minimum absolute atomic E-state index is 0.173. The maximum Gasteiger partial charge on any atom is 0.495 e. The second-order valence-corrected chi connectivity index (χ2v) is 11.4. The first-order valence-electron chi connectivity index (χ1n) is 13.8. The number of hydrogen-bond acceptors (Lipinski definition) is 4. The Hall–Kier alpha value is -4.20. The lowest BCUT2D eigenvalue weighted by Gasteiger charge is -2.32. The van der Waals surface area contributed by atoms with E-state index in [0.29, 0.717) is 5.84 Å². The second kappa shape index (κ2) is 11.0. The molecule has 0 radical (unpaired) electrons. The standard InChI is InChI=1S/C20H23BO3.C14H13N3/c1-12-8-7-9-16-18(12)14-11-15(13(2)10-17(14)22-16)21-23-19(3,4)20(5,6)24-21;15-13(11-7-3-1-4-8-11)17-14(16)12-9-5-2-6-10-12/h7-11H,1-6H3;1-10H,(H3,15,16,17). The Labute approximate surface area is 241 Å². The first-order valence-corrected chi connectivity index (χ1v) is 13.8. The maximum atomic E-state index is 7.84. The monoisotopic (exact) mass is 545 g/mol. The lowest BCUT2D eigenvalue weighted by atomic mass is 9.75. The van der Waals surface area contributed by atoms with Crippen molar-refractivity contribution in [3.05, 3.63) is 113 Å². The van der Waals surface area contributed by atoms with Gasteiger partial charge in [0.15, 0.2) is 5.84 Å². The Morgan fingerprint density at radius 3 is 1.93 bits per heavy atom. The van der Waals surface area contributed by atoms with Gasteiger partial charge in [0.05, 0.1) is 11.2 Å². The number of nitrogens with two attached hydrogens (primary N) is 1. The van der Waals surface area contributed by atoms with Crippen molar-refractivity contribution in [1.82, 2.24) is 0 Å². The predicted molar refractivity (Wildman–Crippen MR) is 169 cm³/mol. The van der Waals surface area contributed by atoms with Gasteiger partial charge in [-0.1, -0.05) is 78.9 Å². The summed E-state index contributed by atoms with van der Waals surface area (Å²) in [4.78, 5) is 4.10. The number of benzene rings is 4. The molecule has 6 nitrogen and oxygen atoms in total. The SMILES string of the molecule is Cc1cc2oc3cccc(C)c3c2cc1B1OC(C)(C)C(C)(C)O1.N=C(N=C(N)c1ccccc1)c1ccccc1. The van der Waals surface area contributed by atoms with Crippen molar-refractivity contribution in [3.63, 3.8) is 0 Å². The fourth-order valence-electron chi connectivity index (χ4n) is 4.85. The summed E-state index contributed by atoms with van der Waals surface area (Å²) in [6.45, 7) is 12.5. The lowest BCUT2D eigenvalue weighted by molar-refractivity contribution is 0.00578. The molecule has 1 fully saturated rings. The van der Waals surface area contributed by atoms with Crippen molar-refractivity contribution < 1.29 is 13.7 Å². The molecule has 6 rings (SSSR count). The normalized spacial score (nSPS) is 16.0. The van der Waals surface area contributed by atoms with Crippen LogP contribution in [0, 0.1) is 19.3 Å². The number of amidine groups is 2. The van der Waals surface area contributed by atoms with Crippen molar-refractivity contribution in [2.75, 3.05) is 0 Å². The average molecular weight is 545 g/mol. The van der Waals surface area contributed by atoms with E-state index in [1.165, 1.54) is 10.9 Å². The molecule has 208 valence electrons. The highest BCUT2D eigenvalue weighted by molar-refractivity contribution is 6.63. The van der Waals surface area contributed by atoms with Crippen molar-refractivity contribution in [2.24, 2.45) is 10.7 Å². The van der Waals surface area contributed by atoms with E-state index >= 15 is 0 Å². The highest BCUT2D eigenvalue weighted by Gasteiger charge is 2.52. The zero-order valence-corrected chi connectivity index (χ0v) is 24.5. The molecule has 1 saturated heterocycles. The summed E-state index contributed by atoms with van der Waals surface area (Å²) in [5.74, 6) is 0.534. The Morgan fingerprint density at radius 1 is 0.732 bits per heavy atom. The van der Waals surface area contributed by atoms with Gasteiger partial charge >= 0.3 is 7.12 Å². The summed E-state index contributed by atoms with van der Waals surface area (Å²) in [5.41, 5.74) is 12.0. The van der Waals surface area contributed by atoms with Crippen LogP contribution in [0.15, 0.2) is 100 Å². The van der Waals surface area contributed by atoms with Gasteiger partial charge in [-0.3, -0.25) is 5.41 Å². The van der Waals surface area contributed by atoms with Gasteiger partial charge in [-0.05, 0) is 70.3 Å². The minimum atomic E-state index is -0.353. The molecule has 1 aliphatic rings. The quantitative estimate of drug-likeness (QED) is 0.146. The highest BCUT2D eigenvalue weighted by Crippen LogP contribution is 2.38. The molecule has 1 aromatic heterocycles. The van der Waals surface area contributed by atoms with E-state index in [2.05, 4.69) is 64.7 Å². The summed E-state index contributed by atoms with van der Waals surface area (Å²) >= 11 is 0. The molecular weight excluding hydrogens is 509 g/mol. The van der Waals surface area contributed by atoms with Crippen LogP contribution in [0.25, 0.3) is 21.9 Å². The third kappa shape index (κ3) is 5.69. The van der Waals surface area contributed by atoms with E-state index in [0.717, 1.165) is 38.7 Å². The summed E-state index contributed by atoms with van der Waals surface area (Å²) in [5, 5.41) is 10.1. The number of fused-ring (bicyclic) bond motifs is 3. The molecule has 1 aliphatic heterocycles. The van der Waals surface area contributed by atoms with Gasteiger partial charge in [-0.2, -0.15) is 0 Å². The molecule has 0 bridgehead atoms. The third-order valence-electron chi connectivity index (χ3n) is 7.95. The summed E-state index contributed by atoms with van der Waals surface area (Å²) in [6, 6.07) is 29.2. The van der Waals surface area contributed by atoms with Crippen LogP contribution in [0.4, 0.5) is 0 Å². The van der Waals surface area contributed by atoms with E-state index in [1.54, 1.807) is 0 Å². The minimum Gasteiger partial charge on any atom is -0.456 e. The van der Waals surface area contributed by atoms with E-state index in [1.807, 2.05) is 72.8 Å². The molecule has 3 N–H and O–H groups in total. The molecule has 0 amide bonds. The van der Waals surface area contributed by atoms with Crippen LogP contribution in [0.1, 0.15) is 49.9 Å². The van der Waals surface area contributed by atoms with Crippen LogP contribution in [0.3, 0.4) is 0 Å². The Bertz CT molecular complexity index is 1730. The van der Waals surface area contributed by atoms with Gasteiger partial charge in [0, 0.05) is 21.9 Å². The molecule has 0 aliphatic carbocycles. The largest absolute Gasteiger partial charge is 0.495 e. The van der Waals surface area contributed by atoms with Gasteiger partial charge in [-0.25, -0.2) is 4.99 Å². The number of aryl methyl sites for hydroxylation is 2. The molecule has 41 heavy (non-hydrogen) atoms. The summed E-state index contributed by atoms with van der Waals surface area (Å²) < 4.78 is 18.5. The number of hydrogen-bond donors (Lipinski definition) is 2. The van der Waals surface area contributed by atoms with Gasteiger partial charge < -0.3 is 19.5 Å². The van der Waals surface area contributed by atoms with E-state index in [9.17, 15) is 0 Å². The van der Waals surface area contributed by atoms with E-state index in [-0.39, 0.29) is 24.2 Å². The number of nitrogens with zero attached hydrogens (tertiary/aromatic N) is 1. The second-order valence-electron chi connectivity index (χ2n) is 11.4. The number of nitrogens with one attached hydrogen (secondary N) is 1. The van der Waals surface area contributed by atoms with Gasteiger partial charge in [-0.15, -0.1) is 0 Å². The lowest BCUT2D eigenvalue weighted by Crippen LogP contribution is -2.41. The molecule has 0 saturated carbocycles. The van der Waals surface area contributed by atoms with Crippen LogP contribution in [-0.2, 0) is 9.31 Å². The van der Waals surface area contributed by atoms with Crippen LogP contribution < -0.4 is 11.2 Å². The van der Waals surface area contributed by atoms with Gasteiger partial charge in [0.1, 0.15) is 17.0 Å². The zero-order valence-electron chi connectivity index (χ0n) is 24.5. The Kier molecular flexibility index (Phi) is 7.60. The topological polar surface area (TPSA) is 93.8 Å². The van der Waals surface area contributed by atoms with Gasteiger partial charge in [0.25, 0.3) is 0 Å². The molecule has 0 spiro atoms. The fraction of sp³-hybridized carbons (Fsp3) is 0.235. The van der Waals surface area contributed by atoms with Crippen molar-refractivity contribution in [3.8, 4) is 0 Å². The first-order chi connectivity index (χ1) is 19.5. The zero-order chi connectivity index (χ0) is 29.4. The average Bonchev–Trinajstić information content (AvgIpc) is 3.41. The van der Waals surface area contributed by atoms with Crippen LogP contribution in [0.2, 0.25) is 0 Å². The molecule has 4 aromatic carbocycles. The Morgan fingerprint density at radius 2 is 1.32 bits per heavy atom. The first kappa shape index (κ1) is 28.3. The molecular formula is C34H36BN3O3. The van der Waals surface area contributed by atoms with Crippen molar-refractivity contribution in [2.45, 2.75) is 52.7 Å². The summed E-state index contributed by atoms with van der Waals surface area (Å²) in [7, 11) is -0.353. The van der Waals surface area contributed by atoms with Crippen LogP contribution in [0.5, 0.6) is 0 Å². The molecule has 0 unspecified atom stereocenters. The smallest absolute Gasteiger partial charge is 0.456 e. The summed E-state index contributed by atoms with van der Waals surface area (Å²) in [6.07, 6.45) is 0. The molecule has 7 heteroatoms. The Balaban J connectivity index is 0.000000175.